The van der Waals surface area contributed by atoms with Crippen LogP contribution in [0, 0.1) is 12.8 Å². The highest BCUT2D eigenvalue weighted by Gasteiger charge is 2.29. The average Bonchev–Trinajstić information content (AvgIpc) is 3.21. The summed E-state index contributed by atoms with van der Waals surface area (Å²) in [7, 11) is 0. The first-order valence-electron chi connectivity index (χ1n) is 11.8. The zero-order chi connectivity index (χ0) is 22.1. The molecule has 0 spiro atoms. The van der Waals surface area contributed by atoms with Gasteiger partial charge in [0.2, 0.25) is 5.91 Å². The Balaban J connectivity index is 1.33. The largest absolute Gasteiger partial charge is 0.367 e. The van der Waals surface area contributed by atoms with Crippen molar-refractivity contribution >= 4 is 29.0 Å². The number of benzene rings is 1. The molecule has 0 bridgehead atoms. The summed E-state index contributed by atoms with van der Waals surface area (Å²) in [6.45, 7) is 3.65. The van der Waals surface area contributed by atoms with Crippen molar-refractivity contribution in [3.8, 4) is 11.3 Å². The number of aromatic nitrogens is 3. The van der Waals surface area contributed by atoms with Crippen molar-refractivity contribution in [2.24, 2.45) is 5.92 Å². The molecule has 3 heterocycles. The number of rotatable bonds is 4. The fourth-order valence-corrected chi connectivity index (χ4v) is 5.28. The fraction of sp³-hybridized carbons (Fsp3) is 0.480. The monoisotopic (exact) mass is 451 g/mol. The van der Waals surface area contributed by atoms with Gasteiger partial charge in [-0.05, 0) is 38.7 Å². The molecule has 2 aliphatic rings. The Morgan fingerprint density at radius 3 is 2.59 bits per heavy atom. The van der Waals surface area contributed by atoms with Gasteiger partial charge >= 0.3 is 0 Å². The number of anilines is 1. The summed E-state index contributed by atoms with van der Waals surface area (Å²) >= 11 is 6.46. The van der Waals surface area contributed by atoms with Crippen molar-refractivity contribution < 1.29 is 4.79 Å². The second kappa shape index (κ2) is 9.10. The zero-order valence-corrected chi connectivity index (χ0v) is 19.3. The number of carbonyl (C=O) groups excluding carboxylic acids is 1. The van der Waals surface area contributed by atoms with Gasteiger partial charge in [-0.2, -0.15) is 9.61 Å². The van der Waals surface area contributed by atoms with E-state index in [0.717, 1.165) is 67.1 Å². The first kappa shape index (κ1) is 21.3. The standard InChI is InChI=1S/C25H30ClN5O/c1-17-16-27-31-23(15-22(29-24(17)31)20-9-5-6-10-21(20)26)28-19-11-13-30(14-12-19)25(32)18-7-3-2-4-8-18/h5-6,9-10,15-16,18-19,28H,2-4,7-8,11-14H2,1H3. The minimum absolute atomic E-state index is 0.248. The summed E-state index contributed by atoms with van der Waals surface area (Å²) in [5.41, 5.74) is 3.59. The topological polar surface area (TPSA) is 62.5 Å². The van der Waals surface area contributed by atoms with Crippen LogP contribution >= 0.6 is 11.6 Å². The minimum Gasteiger partial charge on any atom is -0.367 e. The number of hydrogen-bond donors (Lipinski definition) is 1. The molecule has 7 heteroatoms. The number of fused-ring (bicyclic) bond motifs is 1. The maximum atomic E-state index is 12.9. The third-order valence-electron chi connectivity index (χ3n) is 6.91. The predicted octanol–water partition coefficient (Wildman–Crippen LogP) is 5.34. The first-order valence-corrected chi connectivity index (χ1v) is 12.1. The van der Waals surface area contributed by atoms with Crippen molar-refractivity contribution in [1.82, 2.24) is 19.5 Å². The van der Waals surface area contributed by atoms with E-state index in [1.807, 2.05) is 48.0 Å². The number of piperidine rings is 1. The highest BCUT2D eigenvalue weighted by molar-refractivity contribution is 6.33. The van der Waals surface area contributed by atoms with Crippen LogP contribution in [0.25, 0.3) is 16.9 Å². The van der Waals surface area contributed by atoms with Gasteiger partial charge in [-0.25, -0.2) is 4.98 Å². The fourth-order valence-electron chi connectivity index (χ4n) is 5.04. The van der Waals surface area contributed by atoms with Crippen LogP contribution in [0.2, 0.25) is 5.02 Å². The maximum absolute atomic E-state index is 12.9. The molecular weight excluding hydrogens is 422 g/mol. The molecule has 0 radical (unpaired) electrons. The van der Waals surface area contributed by atoms with E-state index in [0.29, 0.717) is 17.0 Å². The molecule has 1 aliphatic carbocycles. The quantitative estimate of drug-likeness (QED) is 0.581. The zero-order valence-electron chi connectivity index (χ0n) is 18.6. The molecule has 1 aliphatic heterocycles. The second-order valence-electron chi connectivity index (χ2n) is 9.15. The Morgan fingerprint density at radius 1 is 1.09 bits per heavy atom. The molecule has 1 amide bonds. The SMILES string of the molecule is Cc1cnn2c(NC3CCN(C(=O)C4CCCCC4)CC3)cc(-c3ccccc3Cl)nc12. The van der Waals surface area contributed by atoms with Crippen LogP contribution in [0.4, 0.5) is 5.82 Å². The molecule has 5 rings (SSSR count). The lowest BCUT2D eigenvalue weighted by Gasteiger charge is -2.35. The van der Waals surface area contributed by atoms with Gasteiger partial charge in [-0.15, -0.1) is 0 Å². The number of hydrogen-bond acceptors (Lipinski definition) is 4. The number of nitrogens with one attached hydrogen (secondary N) is 1. The number of nitrogens with zero attached hydrogens (tertiary/aromatic N) is 4. The van der Waals surface area contributed by atoms with Gasteiger partial charge < -0.3 is 10.2 Å². The number of amides is 1. The number of aryl methyl sites for hydroxylation is 1. The van der Waals surface area contributed by atoms with Crippen LogP contribution in [0.3, 0.4) is 0 Å². The summed E-state index contributed by atoms with van der Waals surface area (Å²) in [5, 5.41) is 8.91. The van der Waals surface area contributed by atoms with Gasteiger partial charge in [0, 0.05) is 47.3 Å². The van der Waals surface area contributed by atoms with E-state index in [9.17, 15) is 4.79 Å². The molecule has 3 aromatic rings. The number of carbonyl (C=O) groups is 1. The molecule has 1 aromatic carbocycles. The van der Waals surface area contributed by atoms with Crippen molar-refractivity contribution in [3.63, 3.8) is 0 Å². The van der Waals surface area contributed by atoms with Gasteiger partial charge in [0.1, 0.15) is 5.82 Å². The summed E-state index contributed by atoms with van der Waals surface area (Å²) in [6.07, 6.45) is 9.51. The normalized spacial score (nSPS) is 18.2. The Hall–Kier alpha value is -2.60. The van der Waals surface area contributed by atoms with Crippen molar-refractivity contribution in [3.05, 3.63) is 47.1 Å². The molecule has 2 aromatic heterocycles. The Morgan fingerprint density at radius 2 is 1.84 bits per heavy atom. The molecule has 6 nitrogen and oxygen atoms in total. The smallest absolute Gasteiger partial charge is 0.225 e. The lowest BCUT2D eigenvalue weighted by atomic mass is 9.87. The Labute approximate surface area is 194 Å². The van der Waals surface area contributed by atoms with E-state index in [1.165, 1.54) is 19.3 Å². The van der Waals surface area contributed by atoms with Gasteiger partial charge in [0.15, 0.2) is 5.65 Å². The minimum atomic E-state index is 0.248. The van der Waals surface area contributed by atoms with Crippen molar-refractivity contribution in [2.45, 2.75) is 57.9 Å². The van der Waals surface area contributed by atoms with E-state index in [1.54, 1.807) is 0 Å². The second-order valence-corrected chi connectivity index (χ2v) is 9.56. The van der Waals surface area contributed by atoms with Crippen molar-refractivity contribution in [1.29, 1.82) is 0 Å². The molecule has 0 unspecified atom stereocenters. The lowest BCUT2D eigenvalue weighted by molar-refractivity contribution is -0.137. The third-order valence-corrected chi connectivity index (χ3v) is 7.24. The molecule has 32 heavy (non-hydrogen) atoms. The van der Waals surface area contributed by atoms with Crippen molar-refractivity contribution in [2.75, 3.05) is 18.4 Å². The molecule has 1 N–H and O–H groups in total. The van der Waals surface area contributed by atoms with E-state index in [2.05, 4.69) is 15.3 Å². The molecule has 168 valence electrons. The Kier molecular flexibility index (Phi) is 6.05. The van der Waals surface area contributed by atoms with Gasteiger partial charge in [-0.1, -0.05) is 49.1 Å². The highest BCUT2D eigenvalue weighted by atomic mass is 35.5. The van der Waals surface area contributed by atoms with Crippen LogP contribution in [0.5, 0.6) is 0 Å². The molecule has 1 saturated heterocycles. The maximum Gasteiger partial charge on any atom is 0.225 e. The highest BCUT2D eigenvalue weighted by Crippen LogP contribution is 2.31. The van der Waals surface area contributed by atoms with Crippen LogP contribution in [0.1, 0.15) is 50.5 Å². The predicted molar refractivity (Wildman–Crippen MR) is 128 cm³/mol. The van der Waals surface area contributed by atoms with E-state index in [4.69, 9.17) is 16.6 Å². The average molecular weight is 452 g/mol. The van der Waals surface area contributed by atoms with Crippen LogP contribution < -0.4 is 5.32 Å². The van der Waals surface area contributed by atoms with Crippen LogP contribution in [-0.2, 0) is 4.79 Å². The molecular formula is C25H30ClN5O. The van der Waals surface area contributed by atoms with Crippen LogP contribution in [-0.4, -0.2) is 44.5 Å². The van der Waals surface area contributed by atoms with E-state index < -0.39 is 0 Å². The summed E-state index contributed by atoms with van der Waals surface area (Å²) < 4.78 is 1.87. The Bertz CT molecular complexity index is 1110. The summed E-state index contributed by atoms with van der Waals surface area (Å²) in [5.74, 6) is 1.53. The third kappa shape index (κ3) is 4.20. The van der Waals surface area contributed by atoms with Gasteiger partial charge in [0.05, 0.1) is 11.9 Å². The molecule has 2 fully saturated rings. The lowest BCUT2D eigenvalue weighted by Crippen LogP contribution is -2.45. The van der Waals surface area contributed by atoms with E-state index in [-0.39, 0.29) is 5.92 Å². The van der Waals surface area contributed by atoms with Gasteiger partial charge in [0.25, 0.3) is 0 Å². The summed E-state index contributed by atoms with van der Waals surface area (Å²) in [6, 6.07) is 10.1. The summed E-state index contributed by atoms with van der Waals surface area (Å²) in [4.78, 5) is 19.8. The van der Waals surface area contributed by atoms with Crippen LogP contribution in [0.15, 0.2) is 36.5 Å². The number of likely N-dealkylation sites (tertiary alicyclic amines) is 1. The van der Waals surface area contributed by atoms with Gasteiger partial charge in [-0.3, -0.25) is 4.79 Å². The molecule has 0 atom stereocenters. The molecule has 1 saturated carbocycles. The van der Waals surface area contributed by atoms with E-state index >= 15 is 0 Å². The first-order chi connectivity index (χ1) is 15.6. The number of halogens is 1.